The summed E-state index contributed by atoms with van der Waals surface area (Å²) in [6, 6.07) is -1.28. The number of rotatable bonds is 7. The number of methoxy groups -OCH3 is 1. The fourth-order valence-electron chi connectivity index (χ4n) is 2.32. The maximum atomic E-state index is 12.1. The molecule has 0 bridgehead atoms. The minimum atomic E-state index is -1.03. The van der Waals surface area contributed by atoms with Gasteiger partial charge in [-0.05, 0) is 26.2 Å². The van der Waals surface area contributed by atoms with Crippen LogP contribution in [0.15, 0.2) is 0 Å². The van der Waals surface area contributed by atoms with Crippen LogP contribution in [0.5, 0.6) is 0 Å². The number of carbonyl (C=O) groups is 2. The van der Waals surface area contributed by atoms with Gasteiger partial charge >= 0.3 is 12.0 Å². The summed E-state index contributed by atoms with van der Waals surface area (Å²) in [4.78, 5) is 24.8. The molecule has 0 aromatic carbocycles. The fraction of sp³-hybridized carbons (Fsp3) is 0.846. The maximum Gasteiger partial charge on any atom is 0.326 e. The van der Waals surface area contributed by atoms with Gasteiger partial charge in [-0.2, -0.15) is 0 Å². The van der Waals surface area contributed by atoms with E-state index in [9.17, 15) is 9.59 Å². The van der Waals surface area contributed by atoms with Crippen LogP contribution in [-0.2, 0) is 14.3 Å². The van der Waals surface area contributed by atoms with Crippen LogP contribution in [0.2, 0.25) is 0 Å². The van der Waals surface area contributed by atoms with Crippen LogP contribution in [0.3, 0.4) is 0 Å². The number of carbonyl (C=O) groups excluding carboxylic acids is 1. The van der Waals surface area contributed by atoms with Gasteiger partial charge in [0, 0.05) is 27.4 Å². The van der Waals surface area contributed by atoms with Crippen LogP contribution in [0.1, 0.15) is 26.2 Å². The number of carboxylic acids is 1. The van der Waals surface area contributed by atoms with E-state index in [1.807, 2.05) is 6.92 Å². The van der Waals surface area contributed by atoms with E-state index in [4.69, 9.17) is 14.6 Å². The zero-order valence-corrected chi connectivity index (χ0v) is 12.3. The SMILES string of the molecule is COCCCC(NC(=O)N(C)C1CCOC1C)C(=O)O. The Balaban J connectivity index is 2.50. The van der Waals surface area contributed by atoms with Crippen molar-refractivity contribution in [2.45, 2.75) is 44.4 Å². The second-order valence-corrected chi connectivity index (χ2v) is 5.02. The molecule has 0 aliphatic carbocycles. The zero-order valence-electron chi connectivity index (χ0n) is 12.3. The van der Waals surface area contributed by atoms with Crippen LogP contribution in [0.25, 0.3) is 0 Å². The van der Waals surface area contributed by atoms with Gasteiger partial charge in [0.05, 0.1) is 12.1 Å². The summed E-state index contributed by atoms with van der Waals surface area (Å²) in [6.45, 7) is 3.01. The van der Waals surface area contributed by atoms with Crippen molar-refractivity contribution in [2.75, 3.05) is 27.4 Å². The Hall–Kier alpha value is -1.34. The number of nitrogens with one attached hydrogen (secondary N) is 1. The Kier molecular flexibility index (Phi) is 6.74. The van der Waals surface area contributed by atoms with Gasteiger partial charge in [0.15, 0.2) is 0 Å². The minimum Gasteiger partial charge on any atom is -0.480 e. The van der Waals surface area contributed by atoms with Crippen LogP contribution in [0.4, 0.5) is 4.79 Å². The summed E-state index contributed by atoms with van der Waals surface area (Å²) < 4.78 is 10.3. The molecule has 0 aromatic heterocycles. The van der Waals surface area contributed by atoms with E-state index in [0.717, 1.165) is 6.42 Å². The molecule has 7 nitrogen and oxygen atoms in total. The van der Waals surface area contributed by atoms with Crippen LogP contribution < -0.4 is 5.32 Å². The van der Waals surface area contributed by atoms with Crippen molar-refractivity contribution in [3.8, 4) is 0 Å². The lowest BCUT2D eigenvalue weighted by molar-refractivity contribution is -0.139. The molecule has 1 fully saturated rings. The number of hydrogen-bond donors (Lipinski definition) is 2. The van der Waals surface area contributed by atoms with E-state index in [1.54, 1.807) is 14.2 Å². The van der Waals surface area contributed by atoms with Gasteiger partial charge < -0.3 is 24.8 Å². The molecule has 0 aromatic rings. The summed E-state index contributed by atoms with van der Waals surface area (Å²) in [5.41, 5.74) is 0. The van der Waals surface area contributed by atoms with Crippen molar-refractivity contribution in [1.29, 1.82) is 0 Å². The molecule has 3 unspecified atom stereocenters. The summed E-state index contributed by atoms with van der Waals surface area (Å²) in [5, 5.41) is 11.7. The standard InChI is InChI=1S/C13H24N2O5/c1-9-11(6-8-20-9)15(2)13(18)14-10(12(16)17)5-4-7-19-3/h9-11H,4-8H2,1-3H3,(H,14,18)(H,16,17). The van der Waals surface area contributed by atoms with Crippen LogP contribution >= 0.6 is 0 Å². The molecule has 1 aliphatic heterocycles. The van der Waals surface area contributed by atoms with E-state index < -0.39 is 12.0 Å². The number of hydrogen-bond acceptors (Lipinski definition) is 4. The molecular weight excluding hydrogens is 264 g/mol. The van der Waals surface area contributed by atoms with E-state index in [1.165, 1.54) is 4.90 Å². The Morgan fingerprint density at radius 2 is 2.25 bits per heavy atom. The fourth-order valence-corrected chi connectivity index (χ4v) is 2.32. The van der Waals surface area contributed by atoms with Gasteiger partial charge in [-0.15, -0.1) is 0 Å². The predicted molar refractivity (Wildman–Crippen MR) is 72.6 cm³/mol. The Labute approximate surface area is 119 Å². The lowest BCUT2D eigenvalue weighted by Crippen LogP contribution is -2.51. The Morgan fingerprint density at radius 1 is 1.55 bits per heavy atom. The molecule has 0 radical (unpaired) electrons. The average molecular weight is 288 g/mol. The predicted octanol–water partition coefficient (Wildman–Crippen LogP) is 0.685. The number of urea groups is 1. The van der Waals surface area contributed by atoms with Gasteiger partial charge in [-0.1, -0.05) is 0 Å². The van der Waals surface area contributed by atoms with Gasteiger partial charge in [0.25, 0.3) is 0 Å². The van der Waals surface area contributed by atoms with Crippen molar-refractivity contribution < 1.29 is 24.2 Å². The van der Waals surface area contributed by atoms with Crippen molar-refractivity contribution >= 4 is 12.0 Å². The number of ether oxygens (including phenoxy) is 2. The third-order valence-electron chi connectivity index (χ3n) is 3.59. The quantitative estimate of drug-likeness (QED) is 0.673. The largest absolute Gasteiger partial charge is 0.480 e. The highest BCUT2D eigenvalue weighted by atomic mass is 16.5. The third kappa shape index (κ3) is 4.64. The van der Waals surface area contributed by atoms with Gasteiger partial charge in [-0.25, -0.2) is 9.59 Å². The highest BCUT2D eigenvalue weighted by Crippen LogP contribution is 2.18. The summed E-state index contributed by atoms with van der Waals surface area (Å²) in [6.07, 6.45) is 1.68. The lowest BCUT2D eigenvalue weighted by atomic mass is 10.1. The van der Waals surface area contributed by atoms with Gasteiger partial charge in [0.1, 0.15) is 6.04 Å². The number of aliphatic carboxylic acids is 1. The lowest BCUT2D eigenvalue weighted by Gasteiger charge is -2.28. The van der Waals surface area contributed by atoms with Crippen molar-refractivity contribution in [3.05, 3.63) is 0 Å². The molecule has 0 spiro atoms. The first-order valence-corrected chi connectivity index (χ1v) is 6.84. The number of likely N-dealkylation sites (N-methyl/N-ethyl adjacent to an activating group) is 1. The topological polar surface area (TPSA) is 88.1 Å². The Morgan fingerprint density at radius 3 is 2.75 bits per heavy atom. The zero-order chi connectivity index (χ0) is 15.1. The Bertz CT molecular complexity index is 337. The second-order valence-electron chi connectivity index (χ2n) is 5.02. The molecule has 7 heteroatoms. The molecule has 1 heterocycles. The number of carboxylic acid groups (broad SMARTS) is 1. The molecule has 116 valence electrons. The summed E-state index contributed by atoms with van der Waals surface area (Å²) in [7, 11) is 3.23. The third-order valence-corrected chi connectivity index (χ3v) is 3.59. The highest BCUT2D eigenvalue weighted by molar-refractivity contribution is 5.82. The second kappa shape index (κ2) is 8.06. The van der Waals surface area contributed by atoms with Crippen molar-refractivity contribution in [3.63, 3.8) is 0 Å². The molecular formula is C13H24N2O5. The van der Waals surface area contributed by atoms with Crippen LogP contribution in [-0.4, -0.2) is 67.6 Å². The number of nitrogens with zero attached hydrogens (tertiary/aromatic N) is 1. The van der Waals surface area contributed by atoms with E-state index in [-0.39, 0.29) is 18.2 Å². The van der Waals surface area contributed by atoms with E-state index in [0.29, 0.717) is 26.1 Å². The first kappa shape index (κ1) is 16.7. The molecule has 2 amide bonds. The van der Waals surface area contributed by atoms with Crippen molar-refractivity contribution in [1.82, 2.24) is 10.2 Å². The van der Waals surface area contributed by atoms with Crippen molar-refractivity contribution in [2.24, 2.45) is 0 Å². The van der Waals surface area contributed by atoms with Gasteiger partial charge in [0.2, 0.25) is 0 Å². The first-order chi connectivity index (χ1) is 9.47. The molecule has 3 atom stereocenters. The first-order valence-electron chi connectivity index (χ1n) is 6.84. The normalized spacial score (nSPS) is 23.4. The molecule has 2 N–H and O–H groups in total. The monoisotopic (exact) mass is 288 g/mol. The number of amides is 2. The molecule has 20 heavy (non-hydrogen) atoms. The molecule has 1 rings (SSSR count). The molecule has 0 saturated carbocycles. The van der Waals surface area contributed by atoms with Gasteiger partial charge in [-0.3, -0.25) is 0 Å². The van der Waals surface area contributed by atoms with E-state index in [2.05, 4.69) is 5.32 Å². The minimum absolute atomic E-state index is 0.0107. The summed E-state index contributed by atoms with van der Waals surface area (Å²) >= 11 is 0. The average Bonchev–Trinajstić information content (AvgIpc) is 2.82. The molecule has 1 saturated heterocycles. The molecule has 1 aliphatic rings. The van der Waals surface area contributed by atoms with Crippen LogP contribution in [0, 0.1) is 0 Å². The highest BCUT2D eigenvalue weighted by Gasteiger charge is 2.32. The summed E-state index contributed by atoms with van der Waals surface area (Å²) in [5.74, 6) is -1.03. The smallest absolute Gasteiger partial charge is 0.326 e. The maximum absolute atomic E-state index is 12.1. The van der Waals surface area contributed by atoms with E-state index >= 15 is 0 Å².